The van der Waals surface area contributed by atoms with Crippen molar-refractivity contribution >= 4 is 27.5 Å². The van der Waals surface area contributed by atoms with Crippen LogP contribution in [0, 0.1) is 5.92 Å². The summed E-state index contributed by atoms with van der Waals surface area (Å²) in [5, 5.41) is 0.516. The summed E-state index contributed by atoms with van der Waals surface area (Å²) in [5.41, 5.74) is 0.717. The minimum Gasteiger partial charge on any atom is -0.496 e. The Hall–Kier alpha value is -2.49. The molecule has 0 fully saturated rings. The topological polar surface area (TPSA) is 94.2 Å². The molecule has 0 aromatic heterocycles. The van der Waals surface area contributed by atoms with Crippen LogP contribution in [0.15, 0.2) is 41.3 Å². The van der Waals surface area contributed by atoms with Crippen LogP contribution in [0.2, 0.25) is 5.02 Å². The fourth-order valence-corrected chi connectivity index (χ4v) is 5.01. The van der Waals surface area contributed by atoms with E-state index in [1.54, 1.807) is 45.2 Å². The van der Waals surface area contributed by atoms with Gasteiger partial charge in [-0.05, 0) is 36.2 Å². The maximum absolute atomic E-state index is 13.2. The molecular weight excluding hydrogens is 468 g/mol. The molecule has 1 N–H and O–H groups in total. The number of halogens is 1. The van der Waals surface area contributed by atoms with E-state index in [1.807, 2.05) is 0 Å². The van der Waals surface area contributed by atoms with E-state index in [-0.39, 0.29) is 23.3 Å². The number of ether oxygens (including phenoxy) is 3. The Kier molecular flexibility index (Phi) is 8.10. The van der Waals surface area contributed by atoms with Gasteiger partial charge in [0.2, 0.25) is 15.9 Å². The van der Waals surface area contributed by atoms with Crippen molar-refractivity contribution in [2.45, 2.75) is 37.8 Å². The Morgan fingerprint density at radius 2 is 1.85 bits per heavy atom. The maximum Gasteiger partial charge on any atom is 0.241 e. The van der Waals surface area contributed by atoms with Crippen LogP contribution >= 0.6 is 11.6 Å². The zero-order valence-corrected chi connectivity index (χ0v) is 20.7. The van der Waals surface area contributed by atoms with Crippen molar-refractivity contribution in [3.05, 3.63) is 47.0 Å². The molecule has 2 aromatic carbocycles. The van der Waals surface area contributed by atoms with Gasteiger partial charge in [-0.1, -0.05) is 25.4 Å². The molecule has 2 aromatic rings. The molecule has 1 aliphatic rings. The van der Waals surface area contributed by atoms with E-state index in [1.165, 1.54) is 24.1 Å². The normalized spacial score (nSPS) is 14.5. The fraction of sp³-hybridized carbons (Fsp3) is 0.435. The SMILES string of the molecule is COc1ccc(Cl)cc1CN(C)C(=O)C(NS(=O)(=O)c1ccc2c(c1)OCCCO2)C(C)C. The molecular formula is C23H29ClN2O6S. The van der Waals surface area contributed by atoms with Crippen LogP contribution in [0.4, 0.5) is 0 Å². The van der Waals surface area contributed by atoms with Gasteiger partial charge >= 0.3 is 0 Å². The summed E-state index contributed by atoms with van der Waals surface area (Å²) < 4.78 is 45.4. The molecule has 0 aliphatic carbocycles. The van der Waals surface area contributed by atoms with Crippen molar-refractivity contribution in [3.8, 4) is 17.2 Å². The largest absolute Gasteiger partial charge is 0.496 e. The number of rotatable bonds is 8. The maximum atomic E-state index is 13.2. The molecule has 0 saturated heterocycles. The number of likely N-dealkylation sites (N-methyl/N-ethyl adjacent to an activating group) is 1. The van der Waals surface area contributed by atoms with Crippen LogP contribution in [0.3, 0.4) is 0 Å². The lowest BCUT2D eigenvalue weighted by Crippen LogP contribution is -2.49. The van der Waals surface area contributed by atoms with Gasteiger partial charge in [-0.25, -0.2) is 8.42 Å². The molecule has 1 amide bonds. The van der Waals surface area contributed by atoms with Crippen molar-refractivity contribution in [1.82, 2.24) is 9.62 Å². The second-order valence-corrected chi connectivity index (χ2v) is 10.3. The van der Waals surface area contributed by atoms with Crippen molar-refractivity contribution in [1.29, 1.82) is 0 Å². The molecule has 0 spiro atoms. The molecule has 1 unspecified atom stereocenters. The van der Waals surface area contributed by atoms with Gasteiger partial charge in [0.15, 0.2) is 11.5 Å². The average Bonchev–Trinajstić information content (AvgIpc) is 3.02. The molecule has 180 valence electrons. The molecule has 0 saturated carbocycles. The van der Waals surface area contributed by atoms with Crippen LogP contribution in [-0.2, 0) is 21.4 Å². The minimum absolute atomic E-state index is 0.00404. The van der Waals surface area contributed by atoms with Gasteiger partial charge in [-0.3, -0.25) is 4.79 Å². The fourth-order valence-electron chi connectivity index (χ4n) is 3.46. The van der Waals surface area contributed by atoms with Gasteiger partial charge in [0.1, 0.15) is 11.8 Å². The molecule has 3 rings (SSSR count). The molecule has 33 heavy (non-hydrogen) atoms. The van der Waals surface area contributed by atoms with E-state index in [2.05, 4.69) is 4.72 Å². The minimum atomic E-state index is -4.00. The standard InChI is InChI=1S/C23H29ClN2O6S/c1-15(2)22(23(27)26(3)14-16-12-17(24)6-8-19(16)30-4)25-33(28,29)18-7-9-20-21(13-18)32-11-5-10-31-20/h6-9,12-13,15,22,25H,5,10-11,14H2,1-4H3. The first-order valence-electron chi connectivity index (χ1n) is 10.6. The average molecular weight is 497 g/mol. The van der Waals surface area contributed by atoms with E-state index in [0.29, 0.717) is 47.5 Å². The molecule has 0 bridgehead atoms. The van der Waals surface area contributed by atoms with Gasteiger partial charge < -0.3 is 19.1 Å². The number of amides is 1. The first-order valence-corrected chi connectivity index (χ1v) is 12.5. The summed E-state index contributed by atoms with van der Waals surface area (Å²) in [6.07, 6.45) is 0.711. The zero-order chi connectivity index (χ0) is 24.2. The highest BCUT2D eigenvalue weighted by Crippen LogP contribution is 2.32. The number of carbonyl (C=O) groups is 1. The number of methoxy groups -OCH3 is 1. The van der Waals surface area contributed by atoms with E-state index in [0.717, 1.165) is 0 Å². The van der Waals surface area contributed by atoms with Gasteiger partial charge in [0.05, 0.1) is 25.2 Å². The summed E-state index contributed by atoms with van der Waals surface area (Å²) in [7, 11) is -0.852. The van der Waals surface area contributed by atoms with Crippen LogP contribution < -0.4 is 18.9 Å². The summed E-state index contributed by atoms with van der Waals surface area (Å²) >= 11 is 6.10. The first kappa shape index (κ1) is 25.1. The zero-order valence-electron chi connectivity index (χ0n) is 19.1. The number of hydrogen-bond donors (Lipinski definition) is 1. The van der Waals surface area contributed by atoms with Crippen molar-refractivity contribution < 1.29 is 27.4 Å². The molecule has 1 heterocycles. The monoisotopic (exact) mass is 496 g/mol. The lowest BCUT2D eigenvalue weighted by Gasteiger charge is -2.27. The molecule has 0 radical (unpaired) electrons. The van der Waals surface area contributed by atoms with Crippen molar-refractivity contribution in [2.75, 3.05) is 27.4 Å². The smallest absolute Gasteiger partial charge is 0.241 e. The molecule has 10 heteroatoms. The number of carbonyl (C=O) groups excluding carboxylic acids is 1. The number of hydrogen-bond acceptors (Lipinski definition) is 6. The summed E-state index contributed by atoms with van der Waals surface area (Å²) in [6.45, 7) is 4.72. The van der Waals surface area contributed by atoms with Crippen LogP contribution in [0.1, 0.15) is 25.8 Å². The third-order valence-electron chi connectivity index (χ3n) is 5.27. The van der Waals surface area contributed by atoms with Gasteiger partial charge in [-0.15, -0.1) is 0 Å². The van der Waals surface area contributed by atoms with Crippen LogP contribution in [0.5, 0.6) is 17.2 Å². The number of benzene rings is 2. The highest BCUT2D eigenvalue weighted by molar-refractivity contribution is 7.89. The first-order chi connectivity index (χ1) is 15.6. The summed E-state index contributed by atoms with van der Waals surface area (Å²) in [5.74, 6) is 0.792. The summed E-state index contributed by atoms with van der Waals surface area (Å²) in [4.78, 5) is 14.7. The number of nitrogens with zero attached hydrogens (tertiary/aromatic N) is 1. The lowest BCUT2D eigenvalue weighted by atomic mass is 10.0. The highest BCUT2D eigenvalue weighted by atomic mass is 35.5. The van der Waals surface area contributed by atoms with Gasteiger partial charge in [0.25, 0.3) is 0 Å². The Bertz CT molecular complexity index is 1110. The number of sulfonamides is 1. The van der Waals surface area contributed by atoms with E-state index >= 15 is 0 Å². The predicted molar refractivity (Wildman–Crippen MR) is 125 cm³/mol. The Balaban J connectivity index is 1.80. The van der Waals surface area contributed by atoms with Crippen LogP contribution in [0.25, 0.3) is 0 Å². The number of fused-ring (bicyclic) bond motifs is 1. The molecule has 1 aliphatic heterocycles. The van der Waals surface area contributed by atoms with Crippen molar-refractivity contribution in [3.63, 3.8) is 0 Å². The molecule has 8 nitrogen and oxygen atoms in total. The Morgan fingerprint density at radius 3 is 2.52 bits per heavy atom. The second kappa shape index (κ2) is 10.6. The third-order valence-corrected chi connectivity index (χ3v) is 6.94. The lowest BCUT2D eigenvalue weighted by molar-refractivity contribution is -0.133. The van der Waals surface area contributed by atoms with Gasteiger partial charge in [-0.2, -0.15) is 4.72 Å². The van der Waals surface area contributed by atoms with E-state index < -0.39 is 16.1 Å². The van der Waals surface area contributed by atoms with Crippen molar-refractivity contribution in [2.24, 2.45) is 5.92 Å². The van der Waals surface area contributed by atoms with E-state index in [9.17, 15) is 13.2 Å². The van der Waals surface area contributed by atoms with Crippen LogP contribution in [-0.4, -0.2) is 52.6 Å². The number of nitrogens with one attached hydrogen (secondary N) is 1. The Morgan fingerprint density at radius 1 is 1.15 bits per heavy atom. The predicted octanol–water partition coefficient (Wildman–Crippen LogP) is 3.47. The second-order valence-electron chi connectivity index (χ2n) is 8.15. The highest BCUT2D eigenvalue weighted by Gasteiger charge is 2.31. The van der Waals surface area contributed by atoms with E-state index in [4.69, 9.17) is 25.8 Å². The third kappa shape index (κ3) is 6.10. The molecule has 1 atom stereocenters. The Labute approximate surface area is 199 Å². The summed E-state index contributed by atoms with van der Waals surface area (Å²) in [6, 6.07) is 8.61. The quantitative estimate of drug-likeness (QED) is 0.601. The van der Waals surface area contributed by atoms with Gasteiger partial charge in [0, 0.05) is 36.7 Å².